The summed E-state index contributed by atoms with van der Waals surface area (Å²) in [6.07, 6.45) is 0. The predicted octanol–water partition coefficient (Wildman–Crippen LogP) is 7.10. The molecular formula is C36H28FNO7S. The van der Waals surface area contributed by atoms with E-state index in [2.05, 4.69) is 0 Å². The highest BCUT2D eigenvalue weighted by molar-refractivity contribution is 7.89. The quantitative estimate of drug-likeness (QED) is 0.156. The maximum absolute atomic E-state index is 14.3. The van der Waals surface area contributed by atoms with Gasteiger partial charge in [-0.25, -0.2) is 22.4 Å². The fourth-order valence-electron chi connectivity index (χ4n) is 4.92. The molecule has 1 aliphatic rings. The lowest BCUT2D eigenvalue weighted by Crippen LogP contribution is -2.38. The van der Waals surface area contributed by atoms with Crippen molar-refractivity contribution in [2.24, 2.45) is 0 Å². The molecule has 10 heteroatoms. The molecule has 0 spiro atoms. The van der Waals surface area contributed by atoms with Crippen molar-refractivity contribution in [2.75, 3.05) is 6.54 Å². The maximum atomic E-state index is 14.3. The summed E-state index contributed by atoms with van der Waals surface area (Å²) in [5.74, 6) is -3.40. The smallest absolute Gasteiger partial charge is 0.343 e. The van der Waals surface area contributed by atoms with E-state index in [4.69, 9.17) is 9.84 Å². The number of carbonyl (C=O) groups excluding carboxylic acids is 2. The standard InChI is InChI=1S/C28H20FNO5S.C8H8O2/c1-2-30-25(26(31)21-13-12-18-8-6-7-11-20(18)16-21)27(35-28(32)19-9-4-3-5-10-19)23-17-22(29)14-15-24(23)36(30,33)34;1-6-2-4-7(5-3-6)8(9)10/h3-17H,2H2,1H3;2-5H,1H3,(H,9,10). The zero-order valence-electron chi connectivity index (χ0n) is 24.8. The van der Waals surface area contributed by atoms with Crippen molar-refractivity contribution in [2.45, 2.75) is 18.7 Å². The van der Waals surface area contributed by atoms with E-state index >= 15 is 0 Å². The Hall–Kier alpha value is -5.61. The van der Waals surface area contributed by atoms with Crippen LogP contribution in [0.5, 0.6) is 0 Å². The van der Waals surface area contributed by atoms with Gasteiger partial charge in [-0.3, -0.25) is 9.10 Å². The Labute approximate surface area is 265 Å². The number of sulfonamides is 1. The lowest BCUT2D eigenvalue weighted by atomic mass is 10.0. The number of nitrogens with zero attached hydrogens (tertiary/aromatic N) is 1. The van der Waals surface area contributed by atoms with E-state index in [0.717, 1.165) is 38.8 Å². The van der Waals surface area contributed by atoms with Crippen LogP contribution in [-0.2, 0) is 14.8 Å². The van der Waals surface area contributed by atoms with Gasteiger partial charge in [0.05, 0.1) is 16.0 Å². The number of benzene rings is 5. The molecule has 5 aromatic carbocycles. The predicted molar refractivity (Wildman–Crippen MR) is 171 cm³/mol. The van der Waals surface area contributed by atoms with E-state index < -0.39 is 33.6 Å². The van der Waals surface area contributed by atoms with Gasteiger partial charge in [-0.05, 0) is 73.2 Å². The molecule has 232 valence electrons. The number of aryl methyl sites for hydroxylation is 1. The normalized spacial score (nSPS) is 13.3. The van der Waals surface area contributed by atoms with Crippen LogP contribution in [0.2, 0.25) is 0 Å². The molecule has 46 heavy (non-hydrogen) atoms. The number of likely N-dealkylation sites (N-methyl/N-ethyl adjacent to an activating group) is 1. The first kappa shape index (κ1) is 31.8. The van der Waals surface area contributed by atoms with Crippen LogP contribution in [0.1, 0.15) is 49.1 Å². The molecule has 0 unspecified atom stereocenters. The molecule has 1 heterocycles. The highest BCUT2D eigenvalue weighted by Crippen LogP contribution is 2.39. The third-order valence-electron chi connectivity index (χ3n) is 7.24. The van der Waals surface area contributed by atoms with Crippen molar-refractivity contribution >= 4 is 44.3 Å². The van der Waals surface area contributed by atoms with E-state index in [1.165, 1.54) is 12.1 Å². The molecule has 0 atom stereocenters. The number of esters is 1. The van der Waals surface area contributed by atoms with E-state index in [9.17, 15) is 27.2 Å². The average molecular weight is 638 g/mol. The van der Waals surface area contributed by atoms with Gasteiger partial charge in [0, 0.05) is 17.7 Å². The van der Waals surface area contributed by atoms with Gasteiger partial charge in [-0.1, -0.05) is 72.3 Å². The number of Topliss-reactive ketones (excluding diaryl/α,β-unsaturated/α-hetero) is 1. The number of ketones is 1. The van der Waals surface area contributed by atoms with Crippen molar-refractivity contribution in [1.82, 2.24) is 4.31 Å². The Kier molecular flexibility index (Phi) is 9.11. The molecule has 1 N–H and O–H groups in total. The minimum Gasteiger partial charge on any atom is -0.478 e. The van der Waals surface area contributed by atoms with Crippen LogP contribution >= 0.6 is 0 Å². The molecule has 0 radical (unpaired) electrons. The molecular weight excluding hydrogens is 609 g/mol. The lowest BCUT2D eigenvalue weighted by molar-refractivity contribution is 0.0679. The van der Waals surface area contributed by atoms with Gasteiger partial charge in [0.25, 0.3) is 10.0 Å². The number of aromatic carboxylic acids is 1. The van der Waals surface area contributed by atoms with Gasteiger partial charge in [0.2, 0.25) is 5.78 Å². The first-order chi connectivity index (χ1) is 22.0. The van der Waals surface area contributed by atoms with Crippen LogP contribution in [0, 0.1) is 12.7 Å². The molecule has 0 bridgehead atoms. The number of halogens is 1. The molecule has 0 saturated carbocycles. The van der Waals surface area contributed by atoms with Gasteiger partial charge >= 0.3 is 11.9 Å². The second-order valence-electron chi connectivity index (χ2n) is 10.3. The minimum absolute atomic E-state index is 0.111. The van der Waals surface area contributed by atoms with Crippen molar-refractivity contribution < 1.29 is 37.0 Å². The highest BCUT2D eigenvalue weighted by atomic mass is 32.2. The molecule has 0 amide bonds. The number of ether oxygens (including phenoxy) is 1. The zero-order chi connectivity index (χ0) is 33.0. The van der Waals surface area contributed by atoms with Gasteiger partial charge in [0.1, 0.15) is 11.5 Å². The Morgan fingerprint density at radius 3 is 2.04 bits per heavy atom. The summed E-state index contributed by atoms with van der Waals surface area (Å²) < 4.78 is 47.9. The molecule has 0 aromatic heterocycles. The molecule has 0 saturated heterocycles. The number of carboxylic acids is 1. The lowest BCUT2D eigenvalue weighted by Gasteiger charge is -2.32. The second kappa shape index (κ2) is 13.2. The molecule has 6 rings (SSSR count). The molecule has 5 aromatic rings. The third kappa shape index (κ3) is 6.43. The number of rotatable bonds is 6. The average Bonchev–Trinajstić information content (AvgIpc) is 3.06. The summed E-state index contributed by atoms with van der Waals surface area (Å²) >= 11 is 0. The number of hydrogen-bond acceptors (Lipinski definition) is 6. The van der Waals surface area contributed by atoms with Crippen molar-refractivity contribution in [1.29, 1.82) is 0 Å². The summed E-state index contributed by atoms with van der Waals surface area (Å²) in [7, 11) is -4.23. The fourth-order valence-corrected chi connectivity index (χ4v) is 6.57. The number of hydrogen-bond donors (Lipinski definition) is 1. The van der Waals surface area contributed by atoms with Crippen LogP contribution in [0.3, 0.4) is 0 Å². The molecule has 0 fully saturated rings. The first-order valence-electron chi connectivity index (χ1n) is 14.2. The second-order valence-corrected chi connectivity index (χ2v) is 12.1. The summed E-state index contributed by atoms with van der Waals surface area (Å²) in [6.45, 7) is 3.38. The van der Waals surface area contributed by atoms with E-state index in [0.29, 0.717) is 5.56 Å². The van der Waals surface area contributed by atoms with Crippen LogP contribution in [-0.4, -0.2) is 42.1 Å². The summed E-state index contributed by atoms with van der Waals surface area (Å²) in [6, 6.07) is 30.3. The number of carboxylic acid groups (broad SMARTS) is 1. The summed E-state index contributed by atoms with van der Waals surface area (Å²) in [5.41, 5.74) is 1.27. The molecule has 1 aliphatic heterocycles. The summed E-state index contributed by atoms with van der Waals surface area (Å²) in [5, 5.41) is 10.2. The first-order valence-corrected chi connectivity index (χ1v) is 15.6. The monoisotopic (exact) mass is 637 g/mol. The van der Waals surface area contributed by atoms with Gasteiger partial charge in [-0.15, -0.1) is 0 Å². The van der Waals surface area contributed by atoms with Crippen molar-refractivity contribution in [3.05, 3.63) is 155 Å². The van der Waals surface area contributed by atoms with Gasteiger partial charge in [0.15, 0.2) is 5.76 Å². The summed E-state index contributed by atoms with van der Waals surface area (Å²) in [4.78, 5) is 36.9. The topological polar surface area (TPSA) is 118 Å². The SMILES string of the molecule is CCN1C(C(=O)c2ccc3ccccc3c2)=C(OC(=O)c2ccccc2)c2cc(F)ccc2S1(=O)=O.Cc1ccc(C(=O)O)cc1. The molecule has 8 nitrogen and oxygen atoms in total. The van der Waals surface area contributed by atoms with Gasteiger partial charge in [-0.2, -0.15) is 0 Å². The van der Waals surface area contributed by atoms with Crippen LogP contribution in [0.25, 0.3) is 16.5 Å². The number of allylic oxidation sites excluding steroid dienone is 1. The molecule has 0 aliphatic carbocycles. The van der Waals surface area contributed by atoms with E-state index in [-0.39, 0.29) is 39.6 Å². The van der Waals surface area contributed by atoms with Crippen molar-refractivity contribution in [3.8, 4) is 0 Å². The Balaban J connectivity index is 0.000000356. The fraction of sp³-hybridized carbons (Fsp3) is 0.0833. The Morgan fingerprint density at radius 2 is 1.39 bits per heavy atom. The maximum Gasteiger partial charge on any atom is 0.343 e. The third-order valence-corrected chi connectivity index (χ3v) is 9.17. The Morgan fingerprint density at radius 1 is 0.761 bits per heavy atom. The van der Waals surface area contributed by atoms with Crippen LogP contribution < -0.4 is 0 Å². The van der Waals surface area contributed by atoms with Gasteiger partial charge < -0.3 is 9.84 Å². The van der Waals surface area contributed by atoms with E-state index in [1.54, 1.807) is 67.6 Å². The number of carbonyl (C=O) groups is 3. The van der Waals surface area contributed by atoms with E-state index in [1.807, 2.05) is 31.2 Å². The van der Waals surface area contributed by atoms with Crippen LogP contribution in [0.4, 0.5) is 4.39 Å². The minimum atomic E-state index is -4.23. The Bertz CT molecular complexity index is 2110. The largest absolute Gasteiger partial charge is 0.478 e. The van der Waals surface area contributed by atoms with Crippen molar-refractivity contribution in [3.63, 3.8) is 0 Å². The zero-order valence-corrected chi connectivity index (χ0v) is 25.6. The number of fused-ring (bicyclic) bond motifs is 2. The van der Waals surface area contributed by atoms with Crippen LogP contribution in [0.15, 0.2) is 126 Å². The highest BCUT2D eigenvalue weighted by Gasteiger charge is 2.41.